The number of nitrogens with two attached hydrogens (primary N) is 1. The average molecular weight is 264 g/mol. The molecule has 1 aromatic carbocycles. The van der Waals surface area contributed by atoms with Crippen molar-refractivity contribution >= 4 is 39.9 Å². The van der Waals surface area contributed by atoms with Crippen molar-refractivity contribution in [1.29, 1.82) is 0 Å². The van der Waals surface area contributed by atoms with Crippen molar-refractivity contribution in [3.63, 3.8) is 0 Å². The molecule has 0 bridgehead atoms. The number of fused-ring (bicyclic) bond motifs is 1. The topological polar surface area (TPSA) is 55.1 Å². The first-order chi connectivity index (χ1) is 5.68. The van der Waals surface area contributed by atoms with E-state index in [4.69, 9.17) is 5.73 Å². The van der Waals surface area contributed by atoms with Gasteiger partial charge >= 0.3 is 0 Å². The lowest BCUT2D eigenvalue weighted by atomic mass is 10.1. The lowest BCUT2D eigenvalue weighted by Crippen LogP contribution is -2.19. The highest BCUT2D eigenvalue weighted by Crippen LogP contribution is 2.31. The number of halogens is 2. The number of hydrogen-bond donors (Lipinski definition) is 2. The van der Waals surface area contributed by atoms with Crippen molar-refractivity contribution in [1.82, 2.24) is 0 Å². The lowest BCUT2D eigenvalue weighted by Gasteiger charge is -2.00. The van der Waals surface area contributed by atoms with Gasteiger partial charge < -0.3 is 11.1 Å². The number of amides is 1. The van der Waals surface area contributed by atoms with E-state index in [9.17, 15) is 4.79 Å². The van der Waals surface area contributed by atoms with Gasteiger partial charge in [0.05, 0.1) is 0 Å². The molecule has 0 aliphatic carbocycles. The summed E-state index contributed by atoms with van der Waals surface area (Å²) < 4.78 is 0.938. The number of rotatable bonds is 0. The third-order valence-electron chi connectivity index (χ3n) is 1.89. The fraction of sp³-hybridized carbons (Fsp3) is 0.125. The zero-order valence-corrected chi connectivity index (χ0v) is 8.98. The first kappa shape index (κ1) is 10.5. The molecule has 2 rings (SSSR count). The summed E-state index contributed by atoms with van der Waals surface area (Å²) in [6.45, 7) is 0. The van der Waals surface area contributed by atoms with E-state index in [1.165, 1.54) is 0 Å². The molecular weight excluding hydrogens is 255 g/mol. The number of nitrogens with one attached hydrogen (secondary N) is 1. The molecule has 0 spiro atoms. The van der Waals surface area contributed by atoms with Gasteiger partial charge in [-0.25, -0.2) is 0 Å². The third-order valence-corrected chi connectivity index (χ3v) is 2.38. The summed E-state index contributed by atoms with van der Waals surface area (Å²) in [5, 5.41) is 2.69. The maximum Gasteiger partial charge on any atom is 0.245 e. The molecule has 13 heavy (non-hydrogen) atoms. The molecule has 1 aromatic rings. The van der Waals surface area contributed by atoms with Crippen LogP contribution in [0.1, 0.15) is 11.6 Å². The first-order valence-corrected chi connectivity index (χ1v) is 4.33. The van der Waals surface area contributed by atoms with Crippen molar-refractivity contribution in [2.24, 2.45) is 5.73 Å². The van der Waals surface area contributed by atoms with Crippen LogP contribution in [0.5, 0.6) is 0 Å². The summed E-state index contributed by atoms with van der Waals surface area (Å²) >= 11 is 3.32. The summed E-state index contributed by atoms with van der Waals surface area (Å²) in [4.78, 5) is 11.1. The van der Waals surface area contributed by atoms with Crippen LogP contribution in [0.25, 0.3) is 0 Å². The maximum absolute atomic E-state index is 11.1. The van der Waals surface area contributed by atoms with E-state index < -0.39 is 6.04 Å². The van der Waals surface area contributed by atoms with Gasteiger partial charge in [0.2, 0.25) is 5.91 Å². The van der Waals surface area contributed by atoms with Gasteiger partial charge in [-0.15, -0.1) is 12.4 Å². The van der Waals surface area contributed by atoms with Gasteiger partial charge in [-0.3, -0.25) is 4.79 Å². The molecule has 3 N–H and O–H groups in total. The summed E-state index contributed by atoms with van der Waals surface area (Å²) in [6, 6.07) is 5.05. The Kier molecular flexibility index (Phi) is 2.95. The van der Waals surface area contributed by atoms with Crippen LogP contribution in [0, 0.1) is 0 Å². The highest BCUT2D eigenvalue weighted by atomic mass is 79.9. The Morgan fingerprint density at radius 2 is 2.15 bits per heavy atom. The van der Waals surface area contributed by atoms with Gasteiger partial charge in [-0.1, -0.05) is 15.9 Å². The van der Waals surface area contributed by atoms with E-state index in [-0.39, 0.29) is 18.3 Å². The molecule has 0 radical (unpaired) electrons. The Bertz CT molecular complexity index is 356. The Balaban J connectivity index is 0.000000845. The SMILES string of the molecule is Cl.NC1C(=O)Nc2ccc(Br)cc21. The molecule has 0 saturated carbocycles. The molecule has 70 valence electrons. The van der Waals surface area contributed by atoms with Crippen LogP contribution < -0.4 is 11.1 Å². The molecule has 0 aromatic heterocycles. The Morgan fingerprint density at radius 1 is 1.46 bits per heavy atom. The monoisotopic (exact) mass is 262 g/mol. The molecule has 1 aliphatic heterocycles. The molecule has 0 saturated heterocycles. The Labute approximate surface area is 90.2 Å². The quantitative estimate of drug-likeness (QED) is 0.750. The molecule has 1 heterocycles. The van der Waals surface area contributed by atoms with Crippen LogP contribution in [0.4, 0.5) is 5.69 Å². The lowest BCUT2D eigenvalue weighted by molar-refractivity contribution is -0.116. The first-order valence-electron chi connectivity index (χ1n) is 3.54. The molecule has 1 aliphatic rings. The molecule has 5 heteroatoms. The van der Waals surface area contributed by atoms with Crippen LogP contribution >= 0.6 is 28.3 Å². The van der Waals surface area contributed by atoms with Crippen LogP contribution in [0.3, 0.4) is 0 Å². The van der Waals surface area contributed by atoms with Crippen LogP contribution in [0.2, 0.25) is 0 Å². The number of carbonyl (C=O) groups is 1. The molecule has 3 nitrogen and oxygen atoms in total. The average Bonchev–Trinajstić information content (AvgIpc) is 2.31. The number of carbonyl (C=O) groups excluding carboxylic acids is 1. The zero-order valence-electron chi connectivity index (χ0n) is 6.58. The van der Waals surface area contributed by atoms with E-state index in [0.29, 0.717) is 0 Å². The minimum atomic E-state index is -0.516. The molecule has 1 atom stereocenters. The predicted molar refractivity (Wildman–Crippen MR) is 56.9 cm³/mol. The van der Waals surface area contributed by atoms with Gasteiger partial charge in [0.15, 0.2) is 0 Å². The van der Waals surface area contributed by atoms with E-state index >= 15 is 0 Å². The van der Waals surface area contributed by atoms with E-state index in [1.54, 1.807) is 0 Å². The smallest absolute Gasteiger partial charge is 0.245 e. The van der Waals surface area contributed by atoms with Gasteiger partial charge in [0.25, 0.3) is 0 Å². The molecule has 0 fully saturated rings. The number of benzene rings is 1. The van der Waals surface area contributed by atoms with E-state index in [0.717, 1.165) is 15.7 Å². The van der Waals surface area contributed by atoms with E-state index in [2.05, 4.69) is 21.2 Å². The molecule has 1 amide bonds. The van der Waals surface area contributed by atoms with Crippen molar-refractivity contribution in [2.45, 2.75) is 6.04 Å². The normalized spacial score (nSPS) is 18.9. The second-order valence-electron chi connectivity index (χ2n) is 2.70. The third kappa shape index (κ3) is 1.70. The highest BCUT2D eigenvalue weighted by molar-refractivity contribution is 9.10. The second-order valence-corrected chi connectivity index (χ2v) is 3.61. The van der Waals surface area contributed by atoms with Gasteiger partial charge in [-0.05, 0) is 18.2 Å². The van der Waals surface area contributed by atoms with Crippen LogP contribution in [-0.4, -0.2) is 5.91 Å². The second kappa shape index (κ2) is 3.65. The summed E-state index contributed by atoms with van der Waals surface area (Å²) in [6.07, 6.45) is 0. The van der Waals surface area contributed by atoms with E-state index in [1.807, 2.05) is 18.2 Å². The van der Waals surface area contributed by atoms with Gasteiger partial charge in [0.1, 0.15) is 6.04 Å². The minimum absolute atomic E-state index is 0. The van der Waals surface area contributed by atoms with Gasteiger partial charge in [-0.2, -0.15) is 0 Å². The summed E-state index contributed by atoms with van der Waals surface area (Å²) in [7, 11) is 0. The largest absolute Gasteiger partial charge is 0.324 e. The van der Waals surface area contributed by atoms with Crippen molar-refractivity contribution in [2.75, 3.05) is 5.32 Å². The molecule has 1 unspecified atom stereocenters. The van der Waals surface area contributed by atoms with Crippen LogP contribution in [-0.2, 0) is 4.79 Å². The summed E-state index contributed by atoms with van der Waals surface area (Å²) in [5.41, 5.74) is 7.30. The Morgan fingerprint density at radius 3 is 2.85 bits per heavy atom. The fourth-order valence-electron chi connectivity index (χ4n) is 1.26. The minimum Gasteiger partial charge on any atom is -0.324 e. The van der Waals surface area contributed by atoms with Crippen molar-refractivity contribution in [3.8, 4) is 0 Å². The highest BCUT2D eigenvalue weighted by Gasteiger charge is 2.26. The zero-order chi connectivity index (χ0) is 8.72. The number of hydrogen-bond acceptors (Lipinski definition) is 2. The fourth-order valence-corrected chi connectivity index (χ4v) is 1.64. The predicted octanol–water partition coefficient (Wildman–Crippen LogP) is 1.82. The number of anilines is 1. The van der Waals surface area contributed by atoms with Gasteiger partial charge in [0, 0.05) is 15.7 Å². The summed E-state index contributed by atoms with van der Waals surface area (Å²) in [5.74, 6) is -0.136. The maximum atomic E-state index is 11.1. The van der Waals surface area contributed by atoms with Crippen LogP contribution in [0.15, 0.2) is 22.7 Å². The standard InChI is InChI=1S/C8H7BrN2O.ClH/c9-4-1-2-6-5(3-4)7(10)8(12)11-6;/h1-3,7H,10H2,(H,11,12);1H. The Hall–Kier alpha value is -0.580. The van der Waals surface area contributed by atoms with Crippen molar-refractivity contribution < 1.29 is 4.79 Å². The molecular formula is C8H8BrClN2O. The van der Waals surface area contributed by atoms with Crippen molar-refractivity contribution in [3.05, 3.63) is 28.2 Å².